The number of fused-ring (bicyclic) bond motifs is 1. The number of hydrogen-bond donors (Lipinski definition) is 1. The van der Waals surface area contributed by atoms with Gasteiger partial charge in [0.2, 0.25) is 0 Å². The molecular weight excluding hydrogens is 262 g/mol. The summed E-state index contributed by atoms with van der Waals surface area (Å²) in [4.78, 5) is 8.75. The zero-order chi connectivity index (χ0) is 13.6. The minimum absolute atomic E-state index is 0.200. The van der Waals surface area contributed by atoms with Crippen LogP contribution in [-0.4, -0.2) is 52.8 Å². The summed E-state index contributed by atoms with van der Waals surface area (Å²) in [5.74, 6) is 0.977. The minimum Gasteiger partial charge on any atom is -0.353 e. The zero-order valence-corrected chi connectivity index (χ0v) is 12.2. The number of halogens is 1. The van der Waals surface area contributed by atoms with E-state index in [0.29, 0.717) is 5.15 Å². The molecule has 5 nitrogen and oxygen atoms in total. The van der Waals surface area contributed by atoms with Crippen LogP contribution >= 0.6 is 11.6 Å². The fourth-order valence-electron chi connectivity index (χ4n) is 2.61. The molecule has 0 radical (unpaired) electrons. The van der Waals surface area contributed by atoms with Crippen molar-refractivity contribution < 1.29 is 0 Å². The maximum atomic E-state index is 5.90. The Bertz CT molecular complexity index is 608. The second-order valence-electron chi connectivity index (χ2n) is 5.66. The normalized spacial score (nSPS) is 23.7. The highest BCUT2D eigenvalue weighted by molar-refractivity contribution is 6.30. The van der Waals surface area contributed by atoms with Gasteiger partial charge in [-0.1, -0.05) is 11.6 Å². The molecule has 1 atom stereocenters. The van der Waals surface area contributed by atoms with Gasteiger partial charge in [0.05, 0.1) is 10.9 Å². The molecule has 0 aromatic carbocycles. The fourth-order valence-corrected chi connectivity index (χ4v) is 2.76. The molecule has 6 heteroatoms. The fraction of sp³-hybridized carbons (Fsp3) is 0.538. The maximum Gasteiger partial charge on any atom is 0.159 e. The summed E-state index contributed by atoms with van der Waals surface area (Å²) in [7, 11) is 4.26. The number of nitrogens with zero attached hydrogens (tertiary/aromatic N) is 4. The lowest BCUT2D eigenvalue weighted by Gasteiger charge is -2.32. The third-order valence-corrected chi connectivity index (χ3v) is 4.43. The molecule has 3 heterocycles. The number of H-pyrrole nitrogens is 1. The van der Waals surface area contributed by atoms with Gasteiger partial charge in [-0.05, 0) is 27.4 Å². The standard InChI is InChI=1S/C13H18ClN5/c1-13(18(2)3)4-5-19(8-13)12-9-7-15-11(14)6-10(9)16-17-12/h6-7H,4-5,8H2,1-3H3,(H,16,17). The van der Waals surface area contributed by atoms with E-state index in [0.717, 1.165) is 36.2 Å². The lowest BCUT2D eigenvalue weighted by atomic mass is 10.0. The Kier molecular flexibility index (Phi) is 2.91. The van der Waals surface area contributed by atoms with Crippen LogP contribution in [0.4, 0.5) is 5.82 Å². The van der Waals surface area contributed by atoms with E-state index in [1.54, 1.807) is 6.20 Å². The molecule has 1 aliphatic rings. The van der Waals surface area contributed by atoms with E-state index < -0.39 is 0 Å². The van der Waals surface area contributed by atoms with Gasteiger partial charge in [0.25, 0.3) is 0 Å². The summed E-state index contributed by atoms with van der Waals surface area (Å²) in [6.45, 7) is 4.27. The van der Waals surface area contributed by atoms with E-state index in [1.807, 2.05) is 6.07 Å². The molecule has 1 unspecified atom stereocenters. The van der Waals surface area contributed by atoms with Crippen LogP contribution in [0.1, 0.15) is 13.3 Å². The Balaban J connectivity index is 1.94. The van der Waals surface area contributed by atoms with Crippen molar-refractivity contribution in [3.05, 3.63) is 17.4 Å². The summed E-state index contributed by atoms with van der Waals surface area (Å²) in [6.07, 6.45) is 2.93. The van der Waals surface area contributed by atoms with Gasteiger partial charge in [-0.15, -0.1) is 0 Å². The number of hydrogen-bond acceptors (Lipinski definition) is 4. The summed E-state index contributed by atoms with van der Waals surface area (Å²) >= 11 is 5.90. The van der Waals surface area contributed by atoms with Crippen LogP contribution in [0, 0.1) is 0 Å². The lowest BCUT2D eigenvalue weighted by molar-refractivity contribution is 0.198. The molecule has 19 heavy (non-hydrogen) atoms. The molecule has 3 rings (SSSR count). The van der Waals surface area contributed by atoms with Gasteiger partial charge < -0.3 is 9.80 Å². The van der Waals surface area contributed by atoms with Gasteiger partial charge in [0.15, 0.2) is 5.82 Å². The molecule has 1 N–H and O–H groups in total. The van der Waals surface area contributed by atoms with Gasteiger partial charge >= 0.3 is 0 Å². The van der Waals surface area contributed by atoms with Crippen molar-refractivity contribution in [2.24, 2.45) is 0 Å². The quantitative estimate of drug-likeness (QED) is 0.856. The van der Waals surface area contributed by atoms with Gasteiger partial charge in [0.1, 0.15) is 5.15 Å². The molecule has 0 spiro atoms. The van der Waals surface area contributed by atoms with Crippen LogP contribution in [0.3, 0.4) is 0 Å². The molecule has 0 bridgehead atoms. The number of likely N-dealkylation sites (N-methyl/N-ethyl adjacent to an activating group) is 1. The summed E-state index contributed by atoms with van der Waals surface area (Å²) in [6, 6.07) is 1.81. The van der Waals surface area contributed by atoms with Crippen molar-refractivity contribution in [3.8, 4) is 0 Å². The first-order chi connectivity index (χ1) is 8.99. The Labute approximate surface area is 117 Å². The van der Waals surface area contributed by atoms with Crippen molar-refractivity contribution in [2.75, 3.05) is 32.1 Å². The molecule has 2 aromatic rings. The average Bonchev–Trinajstić information content (AvgIpc) is 2.93. The molecule has 0 amide bonds. The van der Waals surface area contributed by atoms with E-state index >= 15 is 0 Å². The first-order valence-corrected chi connectivity index (χ1v) is 6.79. The molecule has 2 aromatic heterocycles. The Morgan fingerprint density at radius 1 is 1.47 bits per heavy atom. The highest BCUT2D eigenvalue weighted by Gasteiger charge is 2.36. The van der Waals surface area contributed by atoms with E-state index in [-0.39, 0.29) is 5.54 Å². The smallest absolute Gasteiger partial charge is 0.159 e. The Morgan fingerprint density at radius 3 is 2.95 bits per heavy atom. The highest BCUT2D eigenvalue weighted by atomic mass is 35.5. The second-order valence-corrected chi connectivity index (χ2v) is 6.05. The van der Waals surface area contributed by atoms with E-state index in [4.69, 9.17) is 11.6 Å². The van der Waals surface area contributed by atoms with Crippen LogP contribution in [0.15, 0.2) is 12.3 Å². The van der Waals surface area contributed by atoms with Crippen molar-refractivity contribution in [3.63, 3.8) is 0 Å². The van der Waals surface area contributed by atoms with Crippen LogP contribution in [-0.2, 0) is 0 Å². The predicted octanol–water partition coefficient (Wildman–Crippen LogP) is 2.14. The van der Waals surface area contributed by atoms with E-state index in [1.165, 1.54) is 0 Å². The summed E-state index contributed by atoms with van der Waals surface area (Å²) in [5.41, 5.74) is 1.14. The van der Waals surface area contributed by atoms with Crippen LogP contribution in [0.2, 0.25) is 5.15 Å². The molecule has 102 valence electrons. The van der Waals surface area contributed by atoms with Gasteiger partial charge in [-0.25, -0.2) is 4.98 Å². The van der Waals surface area contributed by atoms with Crippen molar-refractivity contribution >= 4 is 28.3 Å². The summed E-state index contributed by atoms with van der Waals surface area (Å²) < 4.78 is 0. The first kappa shape index (κ1) is 12.7. The molecular formula is C13H18ClN5. The van der Waals surface area contributed by atoms with Crippen LogP contribution in [0.25, 0.3) is 10.9 Å². The SMILES string of the molecule is CN(C)C1(C)CCN(c2n[nH]c3cc(Cl)ncc23)C1. The second kappa shape index (κ2) is 4.35. The topological polar surface area (TPSA) is 48.0 Å². The number of aromatic nitrogens is 3. The van der Waals surface area contributed by atoms with E-state index in [9.17, 15) is 0 Å². The molecule has 1 aliphatic heterocycles. The number of rotatable bonds is 2. The first-order valence-electron chi connectivity index (χ1n) is 6.42. The van der Waals surface area contributed by atoms with Crippen molar-refractivity contribution in [1.82, 2.24) is 20.1 Å². The number of pyridine rings is 1. The Morgan fingerprint density at radius 2 is 2.26 bits per heavy atom. The van der Waals surface area contributed by atoms with E-state index in [2.05, 4.69) is 46.0 Å². The Hall–Kier alpha value is -1.33. The molecule has 1 fully saturated rings. The number of anilines is 1. The average molecular weight is 280 g/mol. The minimum atomic E-state index is 0.200. The lowest BCUT2D eigenvalue weighted by Crippen LogP contribution is -2.43. The summed E-state index contributed by atoms with van der Waals surface area (Å²) in [5, 5.41) is 8.98. The molecule has 1 saturated heterocycles. The predicted molar refractivity (Wildman–Crippen MR) is 77.8 cm³/mol. The highest BCUT2D eigenvalue weighted by Crippen LogP contribution is 2.32. The molecule has 0 saturated carbocycles. The van der Waals surface area contributed by atoms with Gasteiger partial charge in [-0.3, -0.25) is 5.10 Å². The van der Waals surface area contributed by atoms with Crippen LogP contribution < -0.4 is 4.90 Å². The third kappa shape index (κ3) is 2.07. The van der Waals surface area contributed by atoms with Crippen molar-refractivity contribution in [2.45, 2.75) is 18.9 Å². The zero-order valence-electron chi connectivity index (χ0n) is 11.4. The maximum absolute atomic E-state index is 5.90. The third-order valence-electron chi connectivity index (χ3n) is 4.22. The van der Waals surface area contributed by atoms with Crippen molar-refractivity contribution in [1.29, 1.82) is 0 Å². The largest absolute Gasteiger partial charge is 0.353 e. The molecule has 0 aliphatic carbocycles. The monoisotopic (exact) mass is 279 g/mol. The van der Waals surface area contributed by atoms with Gasteiger partial charge in [-0.2, -0.15) is 5.10 Å². The van der Waals surface area contributed by atoms with Crippen LogP contribution in [0.5, 0.6) is 0 Å². The number of nitrogens with one attached hydrogen (secondary N) is 1. The van der Waals surface area contributed by atoms with Gasteiger partial charge in [0, 0.05) is 30.9 Å². The number of aromatic amines is 1.